The number of esters is 1. The van der Waals surface area contributed by atoms with Gasteiger partial charge in [0.1, 0.15) is 0 Å². The molecule has 4 bridgehead atoms. The van der Waals surface area contributed by atoms with Crippen LogP contribution >= 0.6 is 0 Å². The Bertz CT molecular complexity index is 796. The minimum Gasteiger partial charge on any atom is -0.466 e. The van der Waals surface area contributed by atoms with Gasteiger partial charge >= 0.3 is 5.97 Å². The van der Waals surface area contributed by atoms with E-state index in [-0.39, 0.29) is 17.3 Å². The molecule has 4 aliphatic carbocycles. The first kappa shape index (κ1) is 16.4. The molecule has 0 spiro atoms. The highest BCUT2D eigenvalue weighted by atomic mass is 16.5. The van der Waals surface area contributed by atoms with Crippen LogP contribution in [0.15, 0.2) is 42.5 Å². The van der Waals surface area contributed by atoms with E-state index in [0.717, 1.165) is 17.8 Å². The summed E-state index contributed by atoms with van der Waals surface area (Å²) in [6.07, 6.45) is 7.82. The third-order valence-corrected chi connectivity index (χ3v) is 7.35. The molecule has 2 aromatic carbocycles. The van der Waals surface area contributed by atoms with E-state index < -0.39 is 0 Å². The summed E-state index contributed by atoms with van der Waals surface area (Å²) in [6.45, 7) is 2.39. The van der Waals surface area contributed by atoms with E-state index in [9.17, 15) is 4.79 Å². The highest BCUT2D eigenvalue weighted by Gasteiger charge is 2.56. The van der Waals surface area contributed by atoms with Crippen LogP contribution in [0.3, 0.4) is 0 Å². The fourth-order valence-corrected chi connectivity index (χ4v) is 6.97. The lowest BCUT2D eigenvalue weighted by molar-refractivity contribution is -0.155. The largest absolute Gasteiger partial charge is 0.466 e. The highest BCUT2D eigenvalue weighted by molar-refractivity contribution is 5.91. The van der Waals surface area contributed by atoms with Crippen LogP contribution < -0.4 is 0 Å². The van der Waals surface area contributed by atoms with Gasteiger partial charge in [0.2, 0.25) is 0 Å². The van der Waals surface area contributed by atoms with Gasteiger partial charge in [0, 0.05) is 0 Å². The zero-order valence-electron chi connectivity index (χ0n) is 15.6. The number of ether oxygens (including phenoxy) is 1. The molecular formula is C24H28O2. The summed E-state index contributed by atoms with van der Waals surface area (Å²) in [5.41, 5.74) is 1.31. The van der Waals surface area contributed by atoms with Crippen molar-refractivity contribution in [3.8, 4) is 0 Å². The minimum atomic E-state index is -0.109. The molecule has 1 unspecified atom stereocenters. The Labute approximate surface area is 155 Å². The molecule has 1 atom stereocenters. The Balaban J connectivity index is 1.65. The first-order valence-electron chi connectivity index (χ1n) is 10.3. The normalized spacial score (nSPS) is 33.3. The molecule has 0 aliphatic heterocycles. The molecule has 0 radical (unpaired) electrons. The lowest BCUT2D eigenvalue weighted by Crippen LogP contribution is -2.50. The van der Waals surface area contributed by atoms with E-state index in [1.807, 2.05) is 6.92 Å². The Morgan fingerprint density at radius 3 is 2.27 bits per heavy atom. The molecule has 2 heteroatoms. The van der Waals surface area contributed by atoms with Crippen LogP contribution in [0, 0.1) is 23.2 Å². The molecular weight excluding hydrogens is 320 g/mol. The fourth-order valence-electron chi connectivity index (χ4n) is 6.97. The van der Waals surface area contributed by atoms with Gasteiger partial charge in [0.05, 0.1) is 12.5 Å². The van der Waals surface area contributed by atoms with Gasteiger partial charge in [-0.25, -0.2) is 0 Å². The quantitative estimate of drug-likeness (QED) is 0.662. The first-order valence-corrected chi connectivity index (χ1v) is 10.3. The van der Waals surface area contributed by atoms with E-state index in [2.05, 4.69) is 42.5 Å². The molecule has 4 aliphatic rings. The summed E-state index contributed by atoms with van der Waals surface area (Å²) in [4.78, 5) is 13.3. The van der Waals surface area contributed by atoms with E-state index in [4.69, 9.17) is 4.74 Å². The smallest absolute Gasteiger partial charge is 0.313 e. The molecule has 6 rings (SSSR count). The second kappa shape index (κ2) is 6.11. The van der Waals surface area contributed by atoms with Crippen LogP contribution in [0.2, 0.25) is 0 Å². The van der Waals surface area contributed by atoms with Crippen LogP contribution in [-0.4, -0.2) is 12.6 Å². The molecule has 2 nitrogen and oxygen atoms in total. The van der Waals surface area contributed by atoms with E-state index in [1.54, 1.807) is 0 Å². The third kappa shape index (κ3) is 2.49. The van der Waals surface area contributed by atoms with E-state index in [0.29, 0.717) is 6.61 Å². The van der Waals surface area contributed by atoms with Gasteiger partial charge in [-0.15, -0.1) is 0 Å². The summed E-state index contributed by atoms with van der Waals surface area (Å²) in [5.74, 6) is 2.38. The van der Waals surface area contributed by atoms with Crippen molar-refractivity contribution in [1.29, 1.82) is 0 Å². The average molecular weight is 348 g/mol. The van der Waals surface area contributed by atoms with Gasteiger partial charge in [0.25, 0.3) is 0 Å². The Morgan fingerprint density at radius 1 is 1.00 bits per heavy atom. The highest BCUT2D eigenvalue weighted by Crippen LogP contribution is 2.65. The predicted molar refractivity (Wildman–Crippen MR) is 104 cm³/mol. The van der Waals surface area contributed by atoms with Gasteiger partial charge in [-0.05, 0) is 85.0 Å². The van der Waals surface area contributed by atoms with Crippen LogP contribution in [0.4, 0.5) is 0 Å². The number of rotatable bonds is 4. The lowest BCUT2D eigenvalue weighted by atomic mass is 9.45. The molecule has 0 aromatic heterocycles. The van der Waals surface area contributed by atoms with E-state index >= 15 is 0 Å². The van der Waals surface area contributed by atoms with Crippen molar-refractivity contribution in [2.75, 3.05) is 6.61 Å². The summed E-state index contributed by atoms with van der Waals surface area (Å²) in [7, 11) is 0. The van der Waals surface area contributed by atoms with Gasteiger partial charge in [-0.2, -0.15) is 0 Å². The second-order valence-corrected chi connectivity index (χ2v) is 9.03. The van der Waals surface area contributed by atoms with Gasteiger partial charge in [-0.3, -0.25) is 4.79 Å². The molecule has 136 valence electrons. The maximum atomic E-state index is 13.3. The van der Waals surface area contributed by atoms with Crippen LogP contribution in [0.5, 0.6) is 0 Å². The number of carbonyl (C=O) groups excluding carboxylic acids is 1. The Morgan fingerprint density at radius 2 is 1.62 bits per heavy atom. The summed E-state index contributed by atoms with van der Waals surface area (Å²) in [6, 6.07) is 15.0. The van der Waals surface area contributed by atoms with Crippen LogP contribution in [-0.2, 0) is 9.53 Å². The maximum absolute atomic E-state index is 13.3. The molecule has 0 N–H and O–H groups in total. The van der Waals surface area contributed by atoms with Crippen molar-refractivity contribution in [3.05, 3.63) is 48.0 Å². The van der Waals surface area contributed by atoms with Crippen LogP contribution in [0.1, 0.15) is 56.9 Å². The summed E-state index contributed by atoms with van der Waals surface area (Å²) in [5, 5.41) is 2.45. The number of hydrogen-bond acceptors (Lipinski definition) is 2. The SMILES string of the molecule is CCOC(=O)C(c1cccc2ccccc12)C12CC3CC(CC(C3)C1)C2. The second-order valence-electron chi connectivity index (χ2n) is 9.03. The van der Waals surface area contributed by atoms with Gasteiger partial charge in [-0.1, -0.05) is 42.5 Å². The van der Waals surface area contributed by atoms with Crippen molar-refractivity contribution in [2.45, 2.75) is 51.4 Å². The molecule has 4 fully saturated rings. The maximum Gasteiger partial charge on any atom is 0.313 e. The number of hydrogen-bond donors (Lipinski definition) is 0. The molecule has 4 saturated carbocycles. The Hall–Kier alpha value is -1.83. The van der Waals surface area contributed by atoms with Gasteiger partial charge < -0.3 is 4.74 Å². The number of fused-ring (bicyclic) bond motifs is 1. The van der Waals surface area contributed by atoms with Crippen molar-refractivity contribution in [1.82, 2.24) is 0 Å². The zero-order valence-corrected chi connectivity index (χ0v) is 15.6. The van der Waals surface area contributed by atoms with Crippen molar-refractivity contribution in [2.24, 2.45) is 23.2 Å². The first-order chi connectivity index (χ1) is 12.7. The average Bonchev–Trinajstić information content (AvgIpc) is 2.61. The molecule has 0 saturated heterocycles. The van der Waals surface area contributed by atoms with Gasteiger partial charge in [0.15, 0.2) is 0 Å². The van der Waals surface area contributed by atoms with Crippen molar-refractivity contribution >= 4 is 16.7 Å². The molecule has 26 heavy (non-hydrogen) atoms. The fraction of sp³-hybridized carbons (Fsp3) is 0.542. The van der Waals surface area contributed by atoms with Crippen LogP contribution in [0.25, 0.3) is 10.8 Å². The molecule has 0 heterocycles. The third-order valence-electron chi connectivity index (χ3n) is 7.35. The topological polar surface area (TPSA) is 26.3 Å². The predicted octanol–water partition coefficient (Wildman–Crippen LogP) is 5.70. The standard InChI is InChI=1S/C24H28O2/c1-2-26-23(25)22(21-9-5-7-19-6-3-4-8-20(19)21)24-13-16-10-17(14-24)12-18(11-16)15-24/h3-9,16-18,22H,2,10-15H2,1H3. The lowest BCUT2D eigenvalue weighted by Gasteiger charge is -2.59. The summed E-state index contributed by atoms with van der Waals surface area (Å²) >= 11 is 0. The Kier molecular flexibility index (Phi) is 3.84. The number of benzene rings is 2. The van der Waals surface area contributed by atoms with E-state index in [1.165, 1.54) is 54.9 Å². The van der Waals surface area contributed by atoms with Crippen molar-refractivity contribution < 1.29 is 9.53 Å². The summed E-state index contributed by atoms with van der Waals surface area (Å²) < 4.78 is 5.66. The zero-order chi connectivity index (χ0) is 17.7. The minimum absolute atomic E-state index is 0.00537. The monoisotopic (exact) mass is 348 g/mol. The van der Waals surface area contributed by atoms with Crippen molar-refractivity contribution in [3.63, 3.8) is 0 Å². The molecule has 0 amide bonds. The molecule has 2 aromatic rings. The number of carbonyl (C=O) groups is 1.